The van der Waals surface area contributed by atoms with Gasteiger partial charge in [0.25, 0.3) is 5.91 Å². The average Bonchev–Trinajstić information content (AvgIpc) is 3.27. The van der Waals surface area contributed by atoms with Crippen LogP contribution in [0, 0.1) is 6.92 Å². The van der Waals surface area contributed by atoms with E-state index in [0.29, 0.717) is 17.9 Å². The zero-order valence-electron chi connectivity index (χ0n) is 14.1. The van der Waals surface area contributed by atoms with Gasteiger partial charge in [0.1, 0.15) is 11.3 Å². The molecule has 7 heteroatoms. The van der Waals surface area contributed by atoms with E-state index in [4.69, 9.17) is 0 Å². The van der Waals surface area contributed by atoms with Gasteiger partial charge in [-0.25, -0.2) is 15.0 Å². The molecule has 3 aromatic heterocycles. The smallest absolute Gasteiger partial charge is 0.270 e. The van der Waals surface area contributed by atoms with Gasteiger partial charge in [-0.1, -0.05) is 6.07 Å². The van der Waals surface area contributed by atoms with Crippen LogP contribution in [0.25, 0.3) is 5.65 Å². The molecular formula is C18H20N6O. The quantitative estimate of drug-likeness (QED) is 0.788. The summed E-state index contributed by atoms with van der Waals surface area (Å²) in [5.41, 5.74) is 2.84. The van der Waals surface area contributed by atoms with Crippen LogP contribution >= 0.6 is 0 Å². The second kappa shape index (κ2) is 6.51. The van der Waals surface area contributed by atoms with Crippen molar-refractivity contribution >= 4 is 17.5 Å². The summed E-state index contributed by atoms with van der Waals surface area (Å²) in [7, 11) is 0. The molecule has 0 atom stereocenters. The van der Waals surface area contributed by atoms with Gasteiger partial charge in [-0.05, 0) is 38.0 Å². The van der Waals surface area contributed by atoms with Crippen molar-refractivity contribution in [2.24, 2.45) is 0 Å². The highest BCUT2D eigenvalue weighted by Gasteiger charge is 2.17. The van der Waals surface area contributed by atoms with Crippen molar-refractivity contribution in [1.82, 2.24) is 24.7 Å². The van der Waals surface area contributed by atoms with Crippen molar-refractivity contribution in [3.05, 3.63) is 53.7 Å². The van der Waals surface area contributed by atoms with Gasteiger partial charge >= 0.3 is 0 Å². The van der Waals surface area contributed by atoms with E-state index in [1.54, 1.807) is 10.6 Å². The summed E-state index contributed by atoms with van der Waals surface area (Å²) < 4.78 is 1.81. The number of fused-ring (bicyclic) bond motifs is 1. The molecule has 0 aromatic carbocycles. The fourth-order valence-corrected chi connectivity index (χ4v) is 3.19. The van der Waals surface area contributed by atoms with Crippen LogP contribution in [0.5, 0.6) is 0 Å². The van der Waals surface area contributed by atoms with Crippen LogP contribution in [-0.4, -0.2) is 38.3 Å². The van der Waals surface area contributed by atoms with Crippen LogP contribution in [0.3, 0.4) is 0 Å². The highest BCUT2D eigenvalue weighted by molar-refractivity contribution is 5.94. The number of nitrogens with zero attached hydrogens (tertiary/aromatic N) is 5. The van der Waals surface area contributed by atoms with Crippen LogP contribution in [0.1, 0.15) is 34.7 Å². The number of hydrogen-bond donors (Lipinski definition) is 1. The lowest BCUT2D eigenvalue weighted by atomic mass is 10.3. The van der Waals surface area contributed by atoms with E-state index >= 15 is 0 Å². The highest BCUT2D eigenvalue weighted by Crippen LogP contribution is 2.15. The maximum absolute atomic E-state index is 12.6. The number of carbonyl (C=O) groups excluding carboxylic acids is 1. The molecule has 1 saturated heterocycles. The van der Waals surface area contributed by atoms with Crippen molar-refractivity contribution in [1.29, 1.82) is 0 Å². The van der Waals surface area contributed by atoms with Crippen molar-refractivity contribution in [3.63, 3.8) is 0 Å². The Kier molecular flexibility index (Phi) is 4.05. The van der Waals surface area contributed by atoms with Gasteiger partial charge in [0.05, 0.1) is 17.9 Å². The molecule has 1 N–H and O–H groups in total. The minimum Gasteiger partial charge on any atom is -0.345 e. The largest absolute Gasteiger partial charge is 0.345 e. The van der Waals surface area contributed by atoms with Crippen molar-refractivity contribution < 1.29 is 4.79 Å². The Labute approximate surface area is 145 Å². The van der Waals surface area contributed by atoms with E-state index in [1.165, 1.54) is 12.8 Å². The molecule has 1 amide bonds. The van der Waals surface area contributed by atoms with Crippen LogP contribution in [-0.2, 0) is 6.54 Å². The molecule has 0 unspecified atom stereocenters. The van der Waals surface area contributed by atoms with Crippen LogP contribution < -0.4 is 10.2 Å². The Morgan fingerprint density at radius 2 is 2.04 bits per heavy atom. The van der Waals surface area contributed by atoms with Gasteiger partial charge in [0.15, 0.2) is 0 Å². The van der Waals surface area contributed by atoms with E-state index in [2.05, 4.69) is 25.2 Å². The van der Waals surface area contributed by atoms with E-state index < -0.39 is 0 Å². The molecule has 128 valence electrons. The zero-order chi connectivity index (χ0) is 17.2. The number of aryl methyl sites for hydroxylation is 1. The van der Waals surface area contributed by atoms with E-state index in [0.717, 1.165) is 30.4 Å². The third kappa shape index (κ3) is 3.05. The summed E-state index contributed by atoms with van der Waals surface area (Å²) in [6, 6.07) is 7.51. The summed E-state index contributed by atoms with van der Waals surface area (Å²) >= 11 is 0. The molecule has 1 aliphatic heterocycles. The van der Waals surface area contributed by atoms with E-state index in [9.17, 15) is 4.79 Å². The first kappa shape index (κ1) is 15.6. The monoisotopic (exact) mass is 336 g/mol. The predicted molar refractivity (Wildman–Crippen MR) is 94.6 cm³/mol. The lowest BCUT2D eigenvalue weighted by molar-refractivity contribution is 0.0944. The number of aromatic nitrogens is 4. The molecule has 25 heavy (non-hydrogen) atoms. The first-order valence-electron chi connectivity index (χ1n) is 8.51. The summed E-state index contributed by atoms with van der Waals surface area (Å²) in [4.78, 5) is 28.1. The number of imidazole rings is 1. The lowest BCUT2D eigenvalue weighted by Crippen LogP contribution is -2.26. The van der Waals surface area contributed by atoms with Crippen LogP contribution in [0.4, 0.5) is 5.95 Å². The molecule has 1 aliphatic rings. The normalized spacial score (nSPS) is 14.2. The predicted octanol–water partition coefficient (Wildman–Crippen LogP) is 1.96. The van der Waals surface area contributed by atoms with Gasteiger partial charge in [0, 0.05) is 25.5 Å². The highest BCUT2D eigenvalue weighted by atomic mass is 16.1. The minimum atomic E-state index is -0.155. The number of carbonyl (C=O) groups is 1. The maximum Gasteiger partial charge on any atom is 0.270 e. The standard InChI is InChI=1S/C18H20N6O/c1-13-16(24-11-3-2-6-15(24)21-13)17(25)20-12-14-7-8-19-18(22-14)23-9-4-5-10-23/h2-3,6-8,11H,4-5,9-10,12H2,1H3,(H,20,25). The number of nitrogens with one attached hydrogen (secondary N) is 1. The summed E-state index contributed by atoms with van der Waals surface area (Å²) in [6.07, 6.45) is 5.96. The number of pyridine rings is 1. The Bertz CT molecular complexity index is 913. The maximum atomic E-state index is 12.6. The van der Waals surface area contributed by atoms with Crippen molar-refractivity contribution in [3.8, 4) is 0 Å². The first-order chi connectivity index (χ1) is 12.2. The van der Waals surface area contributed by atoms with Crippen LogP contribution in [0.2, 0.25) is 0 Å². The number of rotatable bonds is 4. The van der Waals surface area contributed by atoms with Crippen molar-refractivity contribution in [2.75, 3.05) is 18.0 Å². The molecule has 0 saturated carbocycles. The third-order valence-electron chi connectivity index (χ3n) is 4.44. The third-order valence-corrected chi connectivity index (χ3v) is 4.44. The Morgan fingerprint density at radius 3 is 2.88 bits per heavy atom. The molecule has 7 nitrogen and oxygen atoms in total. The van der Waals surface area contributed by atoms with Gasteiger partial charge in [-0.2, -0.15) is 0 Å². The summed E-state index contributed by atoms with van der Waals surface area (Å²) in [6.45, 7) is 4.20. The molecule has 4 rings (SSSR count). The second-order valence-corrected chi connectivity index (χ2v) is 6.20. The average molecular weight is 336 g/mol. The topological polar surface area (TPSA) is 75.4 Å². The molecule has 1 fully saturated rings. The van der Waals surface area contributed by atoms with E-state index in [1.807, 2.05) is 37.4 Å². The Hall–Kier alpha value is -2.96. The summed E-state index contributed by atoms with van der Waals surface area (Å²) in [5, 5.41) is 2.94. The summed E-state index contributed by atoms with van der Waals surface area (Å²) in [5.74, 6) is 0.591. The zero-order valence-corrected chi connectivity index (χ0v) is 14.1. The second-order valence-electron chi connectivity index (χ2n) is 6.20. The molecule has 0 radical (unpaired) electrons. The van der Waals surface area contributed by atoms with Crippen LogP contribution in [0.15, 0.2) is 36.7 Å². The lowest BCUT2D eigenvalue weighted by Gasteiger charge is -2.15. The number of hydrogen-bond acceptors (Lipinski definition) is 5. The first-order valence-corrected chi connectivity index (χ1v) is 8.51. The van der Waals surface area contributed by atoms with E-state index in [-0.39, 0.29) is 5.91 Å². The molecule has 4 heterocycles. The van der Waals surface area contributed by atoms with Gasteiger partial charge in [0.2, 0.25) is 5.95 Å². The fraction of sp³-hybridized carbons (Fsp3) is 0.333. The number of anilines is 1. The molecule has 0 spiro atoms. The SMILES string of the molecule is Cc1nc2ccccn2c1C(=O)NCc1ccnc(N2CCCC2)n1. The Morgan fingerprint density at radius 1 is 1.20 bits per heavy atom. The fourth-order valence-electron chi connectivity index (χ4n) is 3.19. The van der Waals surface area contributed by atoms with Gasteiger partial charge < -0.3 is 10.2 Å². The molecule has 0 aliphatic carbocycles. The molecule has 3 aromatic rings. The van der Waals surface area contributed by atoms with Gasteiger partial charge in [-0.3, -0.25) is 9.20 Å². The number of amides is 1. The Balaban J connectivity index is 1.50. The molecular weight excluding hydrogens is 316 g/mol. The minimum absolute atomic E-state index is 0.155. The van der Waals surface area contributed by atoms with Gasteiger partial charge in [-0.15, -0.1) is 0 Å². The van der Waals surface area contributed by atoms with Crippen molar-refractivity contribution in [2.45, 2.75) is 26.3 Å². The molecule has 0 bridgehead atoms.